The maximum absolute atomic E-state index is 12.1. The maximum Gasteiger partial charge on any atom is 0.239 e. The molecular formula is C10H15N3O3. The number of carbonyl (C=O) groups excluding carboxylic acids is 3. The van der Waals surface area contributed by atoms with Gasteiger partial charge in [0.25, 0.3) is 0 Å². The van der Waals surface area contributed by atoms with Gasteiger partial charge in [0.15, 0.2) is 0 Å². The number of hydrogen-bond donors (Lipinski definition) is 2. The first-order valence-electron chi connectivity index (χ1n) is 5.38. The molecule has 16 heavy (non-hydrogen) atoms. The Hall–Kier alpha value is -1.59. The number of nitrogens with zero attached hydrogens (tertiary/aromatic N) is 1. The van der Waals surface area contributed by atoms with Crippen LogP contribution in [0, 0.1) is 5.41 Å². The van der Waals surface area contributed by atoms with Crippen molar-refractivity contribution in [2.24, 2.45) is 5.41 Å². The number of hydrogen-bond acceptors (Lipinski definition) is 3. The van der Waals surface area contributed by atoms with Crippen molar-refractivity contribution < 1.29 is 14.4 Å². The summed E-state index contributed by atoms with van der Waals surface area (Å²) < 4.78 is 0. The van der Waals surface area contributed by atoms with Crippen LogP contribution in [-0.2, 0) is 14.4 Å². The molecule has 2 N–H and O–H groups in total. The van der Waals surface area contributed by atoms with E-state index >= 15 is 0 Å². The van der Waals surface area contributed by atoms with E-state index in [9.17, 15) is 14.4 Å². The van der Waals surface area contributed by atoms with Gasteiger partial charge in [-0.2, -0.15) is 0 Å². The van der Waals surface area contributed by atoms with Crippen molar-refractivity contribution in [3.05, 3.63) is 0 Å². The summed E-state index contributed by atoms with van der Waals surface area (Å²) in [5, 5.41) is 5.16. The molecule has 1 aliphatic carbocycles. The first kappa shape index (κ1) is 10.9. The van der Waals surface area contributed by atoms with Crippen LogP contribution in [0.15, 0.2) is 0 Å². The minimum atomic E-state index is -0.883. The molecule has 6 heteroatoms. The number of rotatable bonds is 2. The number of carbonyl (C=O) groups is 3. The number of nitrogens with one attached hydrogen (secondary N) is 2. The minimum Gasteiger partial charge on any atom is -0.358 e. The third kappa shape index (κ3) is 1.64. The van der Waals surface area contributed by atoms with Gasteiger partial charge in [-0.15, -0.1) is 0 Å². The largest absolute Gasteiger partial charge is 0.358 e. The van der Waals surface area contributed by atoms with Crippen LogP contribution in [0.1, 0.15) is 12.8 Å². The first-order valence-corrected chi connectivity index (χ1v) is 5.38. The van der Waals surface area contributed by atoms with E-state index in [1.807, 2.05) is 0 Å². The molecule has 0 radical (unpaired) electrons. The summed E-state index contributed by atoms with van der Waals surface area (Å²) in [6.45, 7) is 1.02. The Morgan fingerprint density at radius 2 is 2.12 bits per heavy atom. The predicted octanol–water partition coefficient (Wildman–Crippen LogP) is -1.53. The van der Waals surface area contributed by atoms with Gasteiger partial charge in [-0.3, -0.25) is 14.4 Å². The normalized spacial score (nSPS) is 22.3. The van der Waals surface area contributed by atoms with Crippen molar-refractivity contribution in [2.45, 2.75) is 12.8 Å². The molecule has 1 saturated carbocycles. The standard InChI is InChI=1S/C10H15N3O3/c1-11-8(15)10(2-3-10)9(16)13-5-4-12-7(14)6-13/h2-6H2,1H3,(H,11,15)(H,12,14). The van der Waals surface area contributed by atoms with Gasteiger partial charge < -0.3 is 15.5 Å². The van der Waals surface area contributed by atoms with E-state index in [-0.39, 0.29) is 24.3 Å². The molecule has 0 aromatic rings. The highest BCUT2D eigenvalue weighted by Gasteiger charge is 2.57. The Kier molecular flexibility index (Phi) is 2.57. The van der Waals surface area contributed by atoms with Gasteiger partial charge in [0.2, 0.25) is 17.7 Å². The van der Waals surface area contributed by atoms with Crippen molar-refractivity contribution in [3.63, 3.8) is 0 Å². The molecule has 2 fully saturated rings. The highest BCUT2D eigenvalue weighted by molar-refractivity contribution is 6.08. The highest BCUT2D eigenvalue weighted by atomic mass is 16.2. The molecule has 0 aromatic carbocycles. The Bertz CT molecular complexity index is 349. The predicted molar refractivity (Wildman–Crippen MR) is 55.3 cm³/mol. The van der Waals surface area contributed by atoms with Crippen molar-refractivity contribution in [2.75, 3.05) is 26.7 Å². The summed E-state index contributed by atoms with van der Waals surface area (Å²) in [4.78, 5) is 36.3. The van der Waals surface area contributed by atoms with Crippen LogP contribution in [0.25, 0.3) is 0 Å². The van der Waals surface area contributed by atoms with Gasteiger partial charge >= 0.3 is 0 Å². The Morgan fingerprint density at radius 1 is 1.44 bits per heavy atom. The highest BCUT2D eigenvalue weighted by Crippen LogP contribution is 2.47. The smallest absolute Gasteiger partial charge is 0.239 e. The van der Waals surface area contributed by atoms with E-state index in [1.165, 1.54) is 11.9 Å². The van der Waals surface area contributed by atoms with E-state index in [2.05, 4.69) is 10.6 Å². The van der Waals surface area contributed by atoms with Crippen molar-refractivity contribution in [3.8, 4) is 0 Å². The van der Waals surface area contributed by atoms with Crippen LogP contribution in [0.3, 0.4) is 0 Å². The summed E-state index contributed by atoms with van der Waals surface area (Å²) >= 11 is 0. The van der Waals surface area contributed by atoms with Crippen molar-refractivity contribution >= 4 is 17.7 Å². The molecule has 2 aliphatic rings. The van der Waals surface area contributed by atoms with Crippen LogP contribution in [-0.4, -0.2) is 49.3 Å². The maximum atomic E-state index is 12.1. The van der Waals surface area contributed by atoms with Crippen molar-refractivity contribution in [1.82, 2.24) is 15.5 Å². The van der Waals surface area contributed by atoms with E-state index in [1.54, 1.807) is 0 Å². The molecule has 1 heterocycles. The second-order valence-electron chi connectivity index (χ2n) is 4.24. The average molecular weight is 225 g/mol. The minimum absolute atomic E-state index is 0.0670. The van der Waals surface area contributed by atoms with Gasteiger partial charge in [-0.25, -0.2) is 0 Å². The Balaban J connectivity index is 2.07. The molecule has 0 atom stereocenters. The average Bonchev–Trinajstić information content (AvgIpc) is 3.08. The summed E-state index contributed by atoms with van der Waals surface area (Å²) in [6.07, 6.45) is 1.17. The lowest BCUT2D eigenvalue weighted by molar-refractivity contribution is -0.147. The van der Waals surface area contributed by atoms with Crippen LogP contribution in [0.2, 0.25) is 0 Å². The molecule has 0 aromatic heterocycles. The van der Waals surface area contributed by atoms with Gasteiger partial charge in [-0.05, 0) is 12.8 Å². The summed E-state index contributed by atoms with van der Waals surface area (Å²) in [5.41, 5.74) is -0.883. The molecule has 88 valence electrons. The molecule has 3 amide bonds. The molecule has 1 aliphatic heterocycles. The summed E-state index contributed by atoms with van der Waals surface area (Å²) in [7, 11) is 1.53. The van der Waals surface area contributed by atoms with Crippen LogP contribution >= 0.6 is 0 Å². The van der Waals surface area contributed by atoms with Gasteiger partial charge in [0.1, 0.15) is 5.41 Å². The van der Waals surface area contributed by atoms with E-state index < -0.39 is 5.41 Å². The lowest BCUT2D eigenvalue weighted by Crippen LogP contribution is -2.54. The lowest BCUT2D eigenvalue weighted by Gasteiger charge is -2.29. The molecule has 1 saturated heterocycles. The molecule has 0 bridgehead atoms. The van der Waals surface area contributed by atoms with Crippen LogP contribution < -0.4 is 10.6 Å². The Labute approximate surface area is 93.4 Å². The molecule has 2 rings (SSSR count). The summed E-state index contributed by atoms with van der Waals surface area (Å²) in [6, 6.07) is 0. The molecule has 0 spiro atoms. The third-order valence-electron chi connectivity index (χ3n) is 3.15. The SMILES string of the molecule is CNC(=O)C1(C(=O)N2CCNC(=O)C2)CC1. The van der Waals surface area contributed by atoms with Crippen molar-refractivity contribution in [1.29, 1.82) is 0 Å². The second-order valence-corrected chi connectivity index (χ2v) is 4.24. The zero-order chi connectivity index (χ0) is 11.8. The van der Waals surface area contributed by atoms with Gasteiger partial charge in [0.05, 0.1) is 6.54 Å². The van der Waals surface area contributed by atoms with E-state index in [0.717, 1.165) is 0 Å². The number of piperazine rings is 1. The van der Waals surface area contributed by atoms with Gasteiger partial charge in [-0.1, -0.05) is 0 Å². The zero-order valence-corrected chi connectivity index (χ0v) is 9.21. The Morgan fingerprint density at radius 3 is 2.62 bits per heavy atom. The van der Waals surface area contributed by atoms with Crippen LogP contribution in [0.5, 0.6) is 0 Å². The topological polar surface area (TPSA) is 78.5 Å². The summed E-state index contributed by atoms with van der Waals surface area (Å²) in [5.74, 6) is -0.600. The monoisotopic (exact) mass is 225 g/mol. The molecule has 0 unspecified atom stereocenters. The second kappa shape index (κ2) is 3.77. The van der Waals surface area contributed by atoms with Gasteiger partial charge in [0, 0.05) is 20.1 Å². The molecular weight excluding hydrogens is 210 g/mol. The fraction of sp³-hybridized carbons (Fsp3) is 0.700. The molecule has 6 nitrogen and oxygen atoms in total. The third-order valence-corrected chi connectivity index (χ3v) is 3.15. The van der Waals surface area contributed by atoms with E-state index in [0.29, 0.717) is 25.9 Å². The lowest BCUT2D eigenvalue weighted by atomic mass is 10.0. The fourth-order valence-electron chi connectivity index (χ4n) is 2.02. The fourth-order valence-corrected chi connectivity index (χ4v) is 2.02. The van der Waals surface area contributed by atoms with Crippen LogP contribution in [0.4, 0.5) is 0 Å². The number of amides is 3. The van der Waals surface area contributed by atoms with E-state index in [4.69, 9.17) is 0 Å². The zero-order valence-electron chi connectivity index (χ0n) is 9.21. The first-order chi connectivity index (χ1) is 7.60. The quantitative estimate of drug-likeness (QED) is 0.560.